The zero-order valence-corrected chi connectivity index (χ0v) is 16.5. The molecule has 0 fully saturated rings. The summed E-state index contributed by atoms with van der Waals surface area (Å²) < 4.78 is 1.89. The van der Waals surface area contributed by atoms with Gasteiger partial charge in [0.1, 0.15) is 0 Å². The minimum atomic E-state index is 0.410. The zero-order valence-electron chi connectivity index (χ0n) is 15.7. The van der Waals surface area contributed by atoms with Crippen molar-refractivity contribution >= 4 is 17.3 Å². The van der Waals surface area contributed by atoms with Crippen LogP contribution in [-0.2, 0) is 20.1 Å². The minimum absolute atomic E-state index is 0.410. The van der Waals surface area contributed by atoms with E-state index in [0.29, 0.717) is 5.92 Å². The Kier molecular flexibility index (Phi) is 5.99. The fourth-order valence-electron chi connectivity index (χ4n) is 2.77. The third kappa shape index (κ3) is 4.35. The Hall–Kier alpha value is -1.89. The SMILES string of the molecule is CN=C(NCc1sc(C)nc1C)N(C)Cc1cn(C)nc1C(C)C. The smallest absolute Gasteiger partial charge is 0.193 e. The number of nitrogens with one attached hydrogen (secondary N) is 1. The Bertz CT molecular complexity index is 713. The van der Waals surface area contributed by atoms with Gasteiger partial charge < -0.3 is 10.2 Å². The molecule has 0 saturated carbocycles. The molecule has 0 spiro atoms. The number of nitrogens with zero attached hydrogens (tertiary/aromatic N) is 5. The number of thiazole rings is 1. The van der Waals surface area contributed by atoms with E-state index in [1.165, 1.54) is 10.4 Å². The van der Waals surface area contributed by atoms with Crippen LogP contribution < -0.4 is 5.32 Å². The molecule has 7 heteroatoms. The second-order valence-electron chi connectivity index (χ2n) is 6.37. The average molecular weight is 349 g/mol. The summed E-state index contributed by atoms with van der Waals surface area (Å²) >= 11 is 1.73. The van der Waals surface area contributed by atoms with Crippen molar-refractivity contribution in [2.24, 2.45) is 12.0 Å². The van der Waals surface area contributed by atoms with Gasteiger partial charge in [0.2, 0.25) is 0 Å². The molecule has 132 valence electrons. The molecular formula is C17H28N6S. The van der Waals surface area contributed by atoms with Gasteiger partial charge in [-0.3, -0.25) is 9.67 Å². The molecule has 0 amide bonds. The van der Waals surface area contributed by atoms with Crippen molar-refractivity contribution in [2.45, 2.75) is 46.7 Å². The van der Waals surface area contributed by atoms with Gasteiger partial charge in [-0.05, 0) is 19.8 Å². The maximum Gasteiger partial charge on any atom is 0.193 e. The Morgan fingerprint density at radius 2 is 2.12 bits per heavy atom. The minimum Gasteiger partial charge on any atom is -0.351 e. The number of rotatable bonds is 5. The highest BCUT2D eigenvalue weighted by molar-refractivity contribution is 7.11. The molecule has 0 radical (unpaired) electrons. The monoisotopic (exact) mass is 348 g/mol. The molecule has 2 rings (SSSR count). The third-order valence-corrected chi connectivity index (χ3v) is 4.94. The number of aromatic nitrogens is 3. The summed E-state index contributed by atoms with van der Waals surface area (Å²) in [7, 11) is 5.84. The van der Waals surface area contributed by atoms with E-state index in [1.54, 1.807) is 11.3 Å². The van der Waals surface area contributed by atoms with Gasteiger partial charge in [0.25, 0.3) is 0 Å². The number of guanidine groups is 1. The van der Waals surface area contributed by atoms with E-state index in [2.05, 4.69) is 59.3 Å². The largest absolute Gasteiger partial charge is 0.351 e. The van der Waals surface area contributed by atoms with Crippen LogP contribution in [0.3, 0.4) is 0 Å². The van der Waals surface area contributed by atoms with Crippen LogP contribution in [-0.4, -0.2) is 39.7 Å². The van der Waals surface area contributed by atoms with Gasteiger partial charge in [0.05, 0.1) is 22.9 Å². The van der Waals surface area contributed by atoms with Crippen LogP contribution in [0.2, 0.25) is 0 Å². The summed E-state index contributed by atoms with van der Waals surface area (Å²) in [4.78, 5) is 12.3. The molecule has 0 aromatic carbocycles. The summed E-state index contributed by atoms with van der Waals surface area (Å²) in [5, 5.41) is 9.12. The van der Waals surface area contributed by atoms with Crippen molar-refractivity contribution in [3.63, 3.8) is 0 Å². The quantitative estimate of drug-likeness (QED) is 0.667. The lowest BCUT2D eigenvalue weighted by atomic mass is 10.1. The van der Waals surface area contributed by atoms with Crippen molar-refractivity contribution in [2.75, 3.05) is 14.1 Å². The van der Waals surface area contributed by atoms with Gasteiger partial charge in [0.15, 0.2) is 5.96 Å². The first-order valence-corrected chi connectivity index (χ1v) is 9.00. The molecule has 2 aromatic rings. The Labute approximate surface area is 148 Å². The van der Waals surface area contributed by atoms with Crippen LogP contribution in [0, 0.1) is 13.8 Å². The predicted octanol–water partition coefficient (Wildman–Crippen LogP) is 2.82. The Morgan fingerprint density at radius 1 is 1.42 bits per heavy atom. The molecule has 0 atom stereocenters. The van der Waals surface area contributed by atoms with E-state index < -0.39 is 0 Å². The van der Waals surface area contributed by atoms with E-state index in [-0.39, 0.29) is 0 Å². The van der Waals surface area contributed by atoms with E-state index in [1.807, 2.05) is 25.7 Å². The molecule has 24 heavy (non-hydrogen) atoms. The first-order valence-electron chi connectivity index (χ1n) is 8.19. The average Bonchev–Trinajstić information content (AvgIpc) is 3.02. The maximum atomic E-state index is 4.58. The van der Waals surface area contributed by atoms with E-state index in [9.17, 15) is 0 Å². The van der Waals surface area contributed by atoms with Crippen molar-refractivity contribution in [3.8, 4) is 0 Å². The summed E-state index contributed by atoms with van der Waals surface area (Å²) in [6.07, 6.45) is 2.09. The Morgan fingerprint density at radius 3 is 2.67 bits per heavy atom. The number of hydrogen-bond donors (Lipinski definition) is 1. The van der Waals surface area contributed by atoms with Gasteiger partial charge in [-0.2, -0.15) is 5.10 Å². The molecule has 6 nitrogen and oxygen atoms in total. The van der Waals surface area contributed by atoms with Crippen molar-refractivity contribution in [1.82, 2.24) is 25.0 Å². The molecule has 0 unspecified atom stereocenters. The maximum absolute atomic E-state index is 4.58. The first kappa shape index (κ1) is 18.4. The highest BCUT2D eigenvalue weighted by atomic mass is 32.1. The fraction of sp³-hybridized carbons (Fsp3) is 0.588. The van der Waals surface area contributed by atoms with Crippen molar-refractivity contribution < 1.29 is 0 Å². The summed E-state index contributed by atoms with van der Waals surface area (Å²) in [5.41, 5.74) is 3.48. The molecule has 0 bridgehead atoms. The van der Waals surface area contributed by atoms with Crippen molar-refractivity contribution in [1.29, 1.82) is 0 Å². The fourth-order valence-corrected chi connectivity index (χ4v) is 3.65. The lowest BCUT2D eigenvalue weighted by Gasteiger charge is -2.22. The van der Waals surface area contributed by atoms with Gasteiger partial charge in [-0.25, -0.2) is 4.98 Å². The van der Waals surface area contributed by atoms with Gasteiger partial charge in [-0.15, -0.1) is 11.3 Å². The van der Waals surface area contributed by atoms with E-state index in [4.69, 9.17) is 0 Å². The van der Waals surface area contributed by atoms with Crippen LogP contribution >= 0.6 is 11.3 Å². The van der Waals surface area contributed by atoms with Gasteiger partial charge in [0, 0.05) is 44.3 Å². The predicted molar refractivity (Wildman–Crippen MR) is 101 cm³/mol. The van der Waals surface area contributed by atoms with E-state index >= 15 is 0 Å². The molecule has 2 heterocycles. The number of aryl methyl sites for hydroxylation is 3. The molecule has 0 aliphatic heterocycles. The molecule has 0 aliphatic rings. The normalized spacial score (nSPS) is 12.1. The van der Waals surface area contributed by atoms with Crippen LogP contribution in [0.1, 0.15) is 46.6 Å². The van der Waals surface area contributed by atoms with Gasteiger partial charge in [-0.1, -0.05) is 13.8 Å². The van der Waals surface area contributed by atoms with Crippen LogP contribution in [0.5, 0.6) is 0 Å². The summed E-state index contributed by atoms with van der Waals surface area (Å²) in [5.74, 6) is 1.28. The molecule has 1 N–H and O–H groups in total. The first-order chi connectivity index (χ1) is 11.3. The van der Waals surface area contributed by atoms with Crippen LogP contribution in [0.25, 0.3) is 0 Å². The van der Waals surface area contributed by atoms with Crippen LogP contribution in [0.15, 0.2) is 11.2 Å². The Balaban J connectivity index is 2.04. The molecule has 0 saturated heterocycles. The molecule has 0 aliphatic carbocycles. The van der Waals surface area contributed by atoms with Crippen molar-refractivity contribution in [3.05, 3.63) is 33.0 Å². The second kappa shape index (κ2) is 7.79. The highest BCUT2D eigenvalue weighted by Crippen LogP contribution is 2.19. The third-order valence-electron chi connectivity index (χ3n) is 3.87. The zero-order chi connectivity index (χ0) is 17.9. The second-order valence-corrected chi connectivity index (χ2v) is 7.65. The van der Waals surface area contributed by atoms with Gasteiger partial charge >= 0.3 is 0 Å². The summed E-state index contributed by atoms with van der Waals surface area (Å²) in [6, 6.07) is 0. The number of aliphatic imine (C=N–C) groups is 1. The number of hydrogen-bond acceptors (Lipinski definition) is 4. The standard InChI is InChI=1S/C17H28N6S/c1-11(2)16-14(10-23(7)21-16)9-22(6)17(18-5)19-8-15-12(3)20-13(4)24-15/h10-11H,8-9H2,1-7H3,(H,18,19). The molecule has 2 aromatic heterocycles. The van der Waals surface area contributed by atoms with Crippen LogP contribution in [0.4, 0.5) is 0 Å². The summed E-state index contributed by atoms with van der Waals surface area (Å²) in [6.45, 7) is 9.97. The highest BCUT2D eigenvalue weighted by Gasteiger charge is 2.15. The lowest BCUT2D eigenvalue weighted by molar-refractivity contribution is 0.473. The molecular weight excluding hydrogens is 320 g/mol. The van der Waals surface area contributed by atoms with E-state index in [0.717, 1.165) is 35.4 Å². The lowest BCUT2D eigenvalue weighted by Crippen LogP contribution is -2.38. The topological polar surface area (TPSA) is 58.3 Å².